The molecule has 1 heterocycles. The highest BCUT2D eigenvalue weighted by atomic mass is 35.5. The number of nitrogens with one attached hydrogen (secondary N) is 1. The molecule has 19 heavy (non-hydrogen) atoms. The van der Waals surface area contributed by atoms with Gasteiger partial charge in [-0.1, -0.05) is 25.4 Å². The minimum Gasteiger partial charge on any atom is -0.258 e. The minimum atomic E-state index is -3.89. The third kappa shape index (κ3) is 3.75. The molecule has 0 radical (unpaired) electrons. The Morgan fingerprint density at radius 2 is 2.00 bits per heavy atom. The third-order valence-corrected chi connectivity index (χ3v) is 4.17. The van der Waals surface area contributed by atoms with Crippen LogP contribution in [0.5, 0.6) is 0 Å². The predicted molar refractivity (Wildman–Crippen MR) is 71.4 cm³/mol. The van der Waals surface area contributed by atoms with Gasteiger partial charge in [0.15, 0.2) is 0 Å². The van der Waals surface area contributed by atoms with Crippen molar-refractivity contribution >= 4 is 33.3 Å². The average molecular weight is 309 g/mol. The normalized spacial score (nSPS) is 11.6. The van der Waals surface area contributed by atoms with Crippen molar-refractivity contribution < 1.29 is 13.3 Å². The molecule has 0 atom stereocenters. The molecule has 10 heteroatoms. The Morgan fingerprint density at radius 3 is 2.47 bits per heavy atom. The Labute approximate surface area is 115 Å². The van der Waals surface area contributed by atoms with Gasteiger partial charge in [0.2, 0.25) is 5.82 Å². The van der Waals surface area contributed by atoms with Gasteiger partial charge in [-0.05, 0) is 6.07 Å². The molecular weight excluding hydrogens is 296 g/mol. The summed E-state index contributed by atoms with van der Waals surface area (Å²) < 4.78 is 27.1. The van der Waals surface area contributed by atoms with Gasteiger partial charge in [0, 0.05) is 19.2 Å². The number of rotatable bonds is 6. The third-order valence-electron chi connectivity index (χ3n) is 2.31. The smallest absolute Gasteiger partial charge is 0.258 e. The lowest BCUT2D eigenvalue weighted by atomic mass is 10.4. The van der Waals surface area contributed by atoms with E-state index in [1.54, 1.807) is 13.8 Å². The van der Waals surface area contributed by atoms with E-state index in [-0.39, 0.29) is 18.2 Å². The van der Waals surface area contributed by atoms with Crippen LogP contribution in [0.2, 0.25) is 5.15 Å². The Kier molecular flexibility index (Phi) is 5.04. The van der Waals surface area contributed by atoms with E-state index in [0.717, 1.165) is 10.4 Å². The van der Waals surface area contributed by atoms with Gasteiger partial charge in [0.05, 0.1) is 4.92 Å². The van der Waals surface area contributed by atoms with Gasteiger partial charge in [-0.2, -0.15) is 12.7 Å². The molecule has 0 fully saturated rings. The molecule has 1 aromatic heterocycles. The lowest BCUT2D eigenvalue weighted by molar-refractivity contribution is -0.384. The zero-order chi connectivity index (χ0) is 14.6. The predicted octanol–water partition coefficient (Wildman–Crippen LogP) is 1.64. The average Bonchev–Trinajstić information content (AvgIpc) is 2.28. The number of anilines is 1. The van der Waals surface area contributed by atoms with Crippen LogP contribution < -0.4 is 4.72 Å². The van der Waals surface area contributed by atoms with Crippen molar-refractivity contribution in [2.75, 3.05) is 17.8 Å². The number of pyridine rings is 1. The maximum Gasteiger partial charge on any atom is 0.312 e. The highest BCUT2D eigenvalue weighted by Gasteiger charge is 2.24. The first kappa shape index (κ1) is 15.6. The fourth-order valence-electron chi connectivity index (χ4n) is 1.40. The molecule has 1 N–H and O–H groups in total. The lowest BCUT2D eigenvalue weighted by Crippen LogP contribution is -2.35. The van der Waals surface area contributed by atoms with Crippen LogP contribution in [-0.4, -0.2) is 35.7 Å². The molecule has 0 aromatic carbocycles. The molecule has 1 rings (SSSR count). The molecule has 1 aromatic rings. The second-order valence-corrected chi connectivity index (χ2v) is 5.51. The van der Waals surface area contributed by atoms with Crippen molar-refractivity contribution in [3.05, 3.63) is 27.4 Å². The maximum absolute atomic E-state index is 12.0. The molecule has 0 saturated heterocycles. The van der Waals surface area contributed by atoms with Gasteiger partial charge in [-0.15, -0.1) is 0 Å². The largest absolute Gasteiger partial charge is 0.312 e. The minimum absolute atomic E-state index is 0.0390. The van der Waals surface area contributed by atoms with E-state index < -0.39 is 26.6 Å². The SMILES string of the molecule is CCN(CC)S(=O)(=O)Nc1nc(Cl)ccc1[N+](=O)[O-]. The summed E-state index contributed by atoms with van der Waals surface area (Å²) in [6, 6.07) is 2.31. The highest BCUT2D eigenvalue weighted by molar-refractivity contribution is 7.90. The first-order valence-corrected chi connectivity index (χ1v) is 7.22. The first-order chi connectivity index (χ1) is 8.81. The Hall–Kier alpha value is -1.45. The van der Waals surface area contributed by atoms with Crippen LogP contribution >= 0.6 is 11.6 Å². The quantitative estimate of drug-likeness (QED) is 0.488. The molecule has 0 amide bonds. The van der Waals surface area contributed by atoms with Gasteiger partial charge < -0.3 is 0 Å². The fraction of sp³-hybridized carbons (Fsp3) is 0.444. The van der Waals surface area contributed by atoms with Crippen LogP contribution in [0.15, 0.2) is 12.1 Å². The Balaban J connectivity index is 3.18. The Bertz CT molecular complexity index is 574. The fourth-order valence-corrected chi connectivity index (χ4v) is 2.75. The van der Waals surface area contributed by atoms with E-state index in [2.05, 4.69) is 9.71 Å². The van der Waals surface area contributed by atoms with E-state index in [9.17, 15) is 18.5 Å². The summed E-state index contributed by atoms with van der Waals surface area (Å²) in [4.78, 5) is 13.7. The van der Waals surface area contributed by atoms with Crippen LogP contribution in [-0.2, 0) is 10.2 Å². The summed E-state index contributed by atoms with van der Waals surface area (Å²) in [7, 11) is -3.89. The van der Waals surface area contributed by atoms with Crippen molar-refractivity contribution in [3.8, 4) is 0 Å². The summed E-state index contributed by atoms with van der Waals surface area (Å²) in [5, 5.41) is 10.8. The number of hydrogen-bond donors (Lipinski definition) is 1. The van der Waals surface area contributed by atoms with Crippen LogP contribution in [0.4, 0.5) is 11.5 Å². The van der Waals surface area contributed by atoms with Crippen molar-refractivity contribution in [2.45, 2.75) is 13.8 Å². The van der Waals surface area contributed by atoms with Gasteiger partial charge >= 0.3 is 15.9 Å². The maximum atomic E-state index is 12.0. The zero-order valence-electron chi connectivity index (χ0n) is 10.3. The van der Waals surface area contributed by atoms with Gasteiger partial charge in [0.25, 0.3) is 0 Å². The van der Waals surface area contributed by atoms with Crippen LogP contribution in [0.25, 0.3) is 0 Å². The molecule has 0 aliphatic carbocycles. The summed E-state index contributed by atoms with van der Waals surface area (Å²) in [6.07, 6.45) is 0. The van der Waals surface area contributed by atoms with Gasteiger partial charge in [-0.25, -0.2) is 9.71 Å². The van der Waals surface area contributed by atoms with Crippen molar-refractivity contribution in [1.82, 2.24) is 9.29 Å². The monoisotopic (exact) mass is 308 g/mol. The second-order valence-electron chi connectivity index (χ2n) is 3.45. The number of aromatic nitrogens is 1. The van der Waals surface area contributed by atoms with Gasteiger partial charge in [-0.3, -0.25) is 10.1 Å². The van der Waals surface area contributed by atoms with Crippen molar-refractivity contribution in [3.63, 3.8) is 0 Å². The van der Waals surface area contributed by atoms with E-state index in [1.807, 2.05) is 0 Å². The summed E-state index contributed by atoms with van der Waals surface area (Å²) in [5.41, 5.74) is -0.458. The zero-order valence-corrected chi connectivity index (χ0v) is 11.9. The molecule has 8 nitrogen and oxygen atoms in total. The number of halogens is 1. The molecule has 0 aliphatic rings. The molecule has 0 saturated carbocycles. The molecule has 106 valence electrons. The molecule has 0 spiro atoms. The summed E-state index contributed by atoms with van der Waals surface area (Å²) in [6.45, 7) is 3.78. The first-order valence-electron chi connectivity index (χ1n) is 5.40. The second kappa shape index (κ2) is 6.13. The Morgan fingerprint density at radius 1 is 1.42 bits per heavy atom. The van der Waals surface area contributed by atoms with Crippen LogP contribution in [0.3, 0.4) is 0 Å². The summed E-state index contributed by atoms with van der Waals surface area (Å²) >= 11 is 5.62. The lowest BCUT2D eigenvalue weighted by Gasteiger charge is -2.18. The summed E-state index contributed by atoms with van der Waals surface area (Å²) in [5.74, 6) is -0.399. The number of nitrogens with zero attached hydrogens (tertiary/aromatic N) is 3. The van der Waals surface area contributed by atoms with Crippen molar-refractivity contribution in [1.29, 1.82) is 0 Å². The van der Waals surface area contributed by atoms with E-state index >= 15 is 0 Å². The van der Waals surface area contributed by atoms with Crippen LogP contribution in [0.1, 0.15) is 13.8 Å². The molecule has 0 aliphatic heterocycles. The van der Waals surface area contributed by atoms with Crippen molar-refractivity contribution in [2.24, 2.45) is 0 Å². The standard InChI is InChI=1S/C9H13ClN4O4S/c1-3-13(4-2)19(17,18)12-9-7(14(15)16)5-6-8(10)11-9/h5-6H,3-4H2,1-2H3,(H,11,12). The van der Waals surface area contributed by atoms with E-state index in [0.29, 0.717) is 0 Å². The molecule has 0 bridgehead atoms. The van der Waals surface area contributed by atoms with E-state index in [4.69, 9.17) is 11.6 Å². The molecular formula is C9H13ClN4O4S. The van der Waals surface area contributed by atoms with Crippen LogP contribution in [0, 0.1) is 10.1 Å². The molecule has 0 unspecified atom stereocenters. The number of hydrogen-bond acceptors (Lipinski definition) is 5. The van der Waals surface area contributed by atoms with E-state index in [1.165, 1.54) is 6.07 Å². The number of nitro groups is 1. The topological polar surface area (TPSA) is 105 Å². The highest BCUT2D eigenvalue weighted by Crippen LogP contribution is 2.25. The van der Waals surface area contributed by atoms with Gasteiger partial charge in [0.1, 0.15) is 5.15 Å².